The van der Waals surface area contributed by atoms with Gasteiger partial charge in [-0.05, 0) is 24.3 Å². The van der Waals surface area contributed by atoms with Crippen molar-refractivity contribution in [1.82, 2.24) is 9.97 Å². The minimum absolute atomic E-state index is 0. The van der Waals surface area contributed by atoms with Crippen LogP contribution in [0.15, 0.2) is 109 Å². The summed E-state index contributed by atoms with van der Waals surface area (Å²) in [6, 6.07) is 34.1. The minimum Gasteiger partial charge on any atom is -0.481 e. The summed E-state index contributed by atoms with van der Waals surface area (Å²) in [5.41, 5.74) is 5.14. The Bertz CT molecular complexity index is 1740. The smallest absolute Gasteiger partial charge is 0.308 e. The molecule has 2 aromatic heterocycles. The molecule has 6 aromatic rings. The van der Waals surface area contributed by atoms with Gasteiger partial charge >= 0.3 is 11.9 Å². The zero-order valence-corrected chi connectivity index (χ0v) is 27.4. The molecule has 0 aliphatic heterocycles. The van der Waals surface area contributed by atoms with Crippen molar-refractivity contribution in [3.63, 3.8) is 0 Å². The Balaban J connectivity index is 0.000000200. The van der Waals surface area contributed by atoms with Crippen LogP contribution in [0.1, 0.15) is 9.75 Å². The molecule has 6 nitrogen and oxygen atoms in total. The van der Waals surface area contributed by atoms with Crippen molar-refractivity contribution >= 4 is 57.8 Å². The molecule has 0 unspecified atom stereocenters. The molecule has 0 bridgehead atoms. The van der Waals surface area contributed by atoms with Crippen molar-refractivity contribution < 1.29 is 36.9 Å². The van der Waals surface area contributed by atoms with Crippen molar-refractivity contribution in [3.8, 4) is 43.7 Å². The van der Waals surface area contributed by atoms with Crippen molar-refractivity contribution in [3.05, 3.63) is 129 Å². The van der Waals surface area contributed by atoms with E-state index >= 15 is 0 Å². The second-order valence-corrected chi connectivity index (χ2v) is 12.5. The van der Waals surface area contributed by atoms with Crippen LogP contribution in [0.2, 0.25) is 10.0 Å². The number of hydrogen-bond donors (Lipinski definition) is 2. The molecule has 0 saturated carbocycles. The van der Waals surface area contributed by atoms with Gasteiger partial charge in [-0.15, -0.1) is 22.7 Å². The normalized spacial score (nSPS) is 10.4. The third-order valence-corrected chi connectivity index (χ3v) is 9.01. The average molecular weight is 723 g/mol. The first kappa shape index (κ1) is 34.1. The summed E-state index contributed by atoms with van der Waals surface area (Å²) in [7, 11) is 0. The molecule has 0 fully saturated rings. The van der Waals surface area contributed by atoms with Crippen LogP contribution in [0, 0.1) is 0 Å². The topological polar surface area (TPSA) is 100 Å². The first-order valence-electron chi connectivity index (χ1n) is 13.3. The van der Waals surface area contributed by atoms with Crippen molar-refractivity contribution in [2.75, 3.05) is 0 Å². The summed E-state index contributed by atoms with van der Waals surface area (Å²) in [4.78, 5) is 33.0. The first-order valence-corrected chi connectivity index (χ1v) is 15.7. The van der Waals surface area contributed by atoms with E-state index in [1.807, 2.05) is 84.9 Å². The molecular weight excluding hydrogens is 699 g/mol. The Hall–Kier alpha value is -3.82. The summed E-state index contributed by atoms with van der Waals surface area (Å²) in [5, 5.41) is 21.2. The number of aliphatic carboxylic acids is 2. The minimum atomic E-state index is -0.863. The molecule has 2 N–H and O–H groups in total. The number of carboxylic acids is 2. The fraction of sp³-hybridized carbons (Fsp3) is 0.0588. The Morgan fingerprint density at radius 3 is 1.18 bits per heavy atom. The fourth-order valence-corrected chi connectivity index (χ4v) is 6.70. The number of thiazole rings is 2. The fourth-order valence-electron chi connectivity index (χ4n) is 4.29. The van der Waals surface area contributed by atoms with E-state index in [1.165, 1.54) is 22.7 Å². The molecule has 0 atom stereocenters. The number of carboxylic acid groups (broad SMARTS) is 2. The van der Waals surface area contributed by atoms with Crippen molar-refractivity contribution in [1.29, 1.82) is 0 Å². The van der Waals surface area contributed by atoms with Crippen LogP contribution in [0.25, 0.3) is 43.7 Å². The van der Waals surface area contributed by atoms with Crippen LogP contribution in [-0.4, -0.2) is 32.1 Å². The van der Waals surface area contributed by atoms with Crippen LogP contribution in [0.4, 0.5) is 0 Å². The molecule has 0 amide bonds. The molecule has 2 heterocycles. The predicted octanol–water partition coefficient (Wildman–Crippen LogP) is 9.51. The number of halogens is 2. The van der Waals surface area contributed by atoms with E-state index in [0.29, 0.717) is 21.4 Å². The van der Waals surface area contributed by atoms with Gasteiger partial charge in [0.05, 0.1) is 24.2 Å². The van der Waals surface area contributed by atoms with Gasteiger partial charge in [0, 0.05) is 59.1 Å². The quantitative estimate of drug-likeness (QED) is 0.152. The van der Waals surface area contributed by atoms with Crippen LogP contribution in [0.5, 0.6) is 0 Å². The Morgan fingerprint density at radius 1 is 0.533 bits per heavy atom. The molecule has 45 heavy (non-hydrogen) atoms. The summed E-state index contributed by atoms with van der Waals surface area (Å²) >= 11 is 14.7. The van der Waals surface area contributed by atoms with Crippen LogP contribution in [0.3, 0.4) is 0 Å². The summed E-state index contributed by atoms with van der Waals surface area (Å²) < 4.78 is 0. The monoisotopic (exact) mass is 721 g/mol. The molecule has 231 valence electrons. The third kappa shape index (κ3) is 9.11. The average Bonchev–Trinajstić information content (AvgIpc) is 3.63. The van der Waals surface area contributed by atoms with E-state index in [4.69, 9.17) is 33.4 Å². The van der Waals surface area contributed by atoms with E-state index in [9.17, 15) is 9.59 Å². The molecule has 0 aliphatic rings. The molecule has 1 radical (unpaired) electrons. The van der Waals surface area contributed by atoms with Gasteiger partial charge < -0.3 is 10.2 Å². The first-order chi connectivity index (χ1) is 21.3. The van der Waals surface area contributed by atoms with E-state index in [0.717, 1.165) is 42.0 Å². The standard InChI is InChI=1S/2C17H12ClNO2S.Cu/c2*18-13-8-6-11(7-9-13)16-14(10-15(20)21)22-17(19-16)12-4-2-1-3-5-12;/h2*1-9H,10H2,(H,20,21);. The van der Waals surface area contributed by atoms with Gasteiger partial charge in [0.1, 0.15) is 10.0 Å². The maximum Gasteiger partial charge on any atom is 0.308 e. The van der Waals surface area contributed by atoms with Gasteiger partial charge in [-0.1, -0.05) is 108 Å². The predicted molar refractivity (Wildman–Crippen MR) is 179 cm³/mol. The molecule has 0 saturated heterocycles. The van der Waals surface area contributed by atoms with Gasteiger partial charge in [-0.3, -0.25) is 9.59 Å². The second kappa shape index (κ2) is 16.0. The number of rotatable bonds is 8. The molecule has 4 aromatic carbocycles. The third-order valence-electron chi connectivity index (χ3n) is 6.30. The zero-order valence-electron chi connectivity index (χ0n) is 23.3. The summed E-state index contributed by atoms with van der Waals surface area (Å²) in [6.07, 6.45) is -0.0785. The molecule has 0 aliphatic carbocycles. The SMILES string of the molecule is O=C(O)Cc1sc(-c2ccccc2)nc1-c1ccc(Cl)cc1.O=C(O)Cc1sc(-c2ccccc2)nc1-c1ccc(Cl)cc1.[Cu]. The Labute approximate surface area is 288 Å². The maximum absolute atomic E-state index is 11.1. The van der Waals surface area contributed by atoms with E-state index < -0.39 is 11.9 Å². The number of benzene rings is 4. The Morgan fingerprint density at radius 2 is 0.867 bits per heavy atom. The van der Waals surface area contributed by atoms with Gasteiger partial charge in [0.25, 0.3) is 0 Å². The van der Waals surface area contributed by atoms with Crippen LogP contribution in [-0.2, 0) is 39.5 Å². The molecule has 6 rings (SSSR count). The van der Waals surface area contributed by atoms with E-state index in [2.05, 4.69) is 9.97 Å². The zero-order chi connectivity index (χ0) is 31.1. The maximum atomic E-state index is 11.1. The van der Waals surface area contributed by atoms with Gasteiger partial charge in [-0.2, -0.15) is 0 Å². The number of hydrogen-bond acceptors (Lipinski definition) is 6. The molecule has 0 spiro atoms. The van der Waals surface area contributed by atoms with Crippen LogP contribution >= 0.6 is 45.9 Å². The van der Waals surface area contributed by atoms with Crippen molar-refractivity contribution in [2.24, 2.45) is 0 Å². The number of aromatic nitrogens is 2. The number of nitrogens with zero attached hydrogens (tertiary/aromatic N) is 2. The van der Waals surface area contributed by atoms with E-state index in [1.54, 1.807) is 24.3 Å². The molecular formula is C34H24Cl2CuN2O4S2. The van der Waals surface area contributed by atoms with Gasteiger partial charge in [0.2, 0.25) is 0 Å². The molecule has 11 heteroatoms. The Kier molecular flexibility index (Phi) is 12.1. The second-order valence-electron chi connectivity index (χ2n) is 9.47. The van der Waals surface area contributed by atoms with E-state index in [-0.39, 0.29) is 29.9 Å². The van der Waals surface area contributed by atoms with Crippen molar-refractivity contribution in [2.45, 2.75) is 12.8 Å². The largest absolute Gasteiger partial charge is 0.481 e. The van der Waals surface area contributed by atoms with Gasteiger partial charge in [0.15, 0.2) is 0 Å². The number of carbonyl (C=O) groups is 2. The van der Waals surface area contributed by atoms with Crippen LogP contribution < -0.4 is 0 Å². The summed E-state index contributed by atoms with van der Waals surface area (Å²) in [5.74, 6) is -1.73. The van der Waals surface area contributed by atoms with Gasteiger partial charge in [-0.25, -0.2) is 9.97 Å². The summed E-state index contributed by atoms with van der Waals surface area (Å²) in [6.45, 7) is 0.